The third-order valence-corrected chi connectivity index (χ3v) is 7.60. The lowest BCUT2D eigenvalue weighted by atomic mass is 10.0. The molecule has 2 fully saturated rings. The van der Waals surface area contributed by atoms with Gasteiger partial charge in [0.2, 0.25) is 5.91 Å². The average molecular weight is 518 g/mol. The van der Waals surface area contributed by atoms with E-state index in [9.17, 15) is 24.6 Å². The average Bonchev–Trinajstić information content (AvgIpc) is 3.61. The van der Waals surface area contributed by atoms with Crippen molar-refractivity contribution in [3.63, 3.8) is 0 Å². The summed E-state index contributed by atoms with van der Waals surface area (Å²) in [4.78, 5) is 39.6. The topological polar surface area (TPSA) is 105 Å². The van der Waals surface area contributed by atoms with Gasteiger partial charge in [-0.25, -0.2) is 9.59 Å². The zero-order valence-corrected chi connectivity index (χ0v) is 20.6. The second kappa shape index (κ2) is 8.61. The molecule has 0 bridgehead atoms. The van der Waals surface area contributed by atoms with Gasteiger partial charge in [0.15, 0.2) is 0 Å². The minimum atomic E-state index is -1.01. The normalized spacial score (nSPS) is 16.5. The number of likely N-dealkylation sites (tertiary alicyclic amines) is 1. The van der Waals surface area contributed by atoms with E-state index < -0.39 is 17.6 Å². The molecule has 1 saturated carbocycles. The van der Waals surface area contributed by atoms with Crippen LogP contribution >= 0.6 is 11.6 Å². The lowest BCUT2D eigenvalue weighted by Gasteiger charge is -2.35. The van der Waals surface area contributed by atoms with Crippen LogP contribution in [0.3, 0.4) is 0 Å². The van der Waals surface area contributed by atoms with Gasteiger partial charge in [-0.2, -0.15) is 0 Å². The van der Waals surface area contributed by atoms with Crippen molar-refractivity contribution in [2.24, 2.45) is 0 Å². The molecule has 188 valence electrons. The quantitative estimate of drug-likeness (QED) is 0.408. The first kappa shape index (κ1) is 23.5. The van der Waals surface area contributed by atoms with Crippen molar-refractivity contribution in [1.82, 2.24) is 14.0 Å². The van der Waals surface area contributed by atoms with Crippen molar-refractivity contribution in [3.05, 3.63) is 98.9 Å². The number of aromatic carboxylic acids is 1. The fourth-order valence-electron chi connectivity index (χ4n) is 5.24. The highest BCUT2D eigenvalue weighted by atomic mass is 35.5. The number of halogens is 1. The molecule has 0 unspecified atom stereocenters. The third kappa shape index (κ3) is 3.93. The highest BCUT2D eigenvalue weighted by molar-refractivity contribution is 6.31. The van der Waals surface area contributed by atoms with Gasteiger partial charge in [0.05, 0.1) is 40.3 Å². The number of benzene rings is 3. The van der Waals surface area contributed by atoms with Crippen LogP contribution in [0.25, 0.3) is 16.7 Å². The number of carbonyl (C=O) groups is 2. The number of hydrogen-bond donors (Lipinski definition) is 2. The van der Waals surface area contributed by atoms with Gasteiger partial charge in [-0.3, -0.25) is 13.9 Å². The van der Waals surface area contributed by atoms with E-state index in [-0.39, 0.29) is 23.6 Å². The Labute approximate surface area is 216 Å². The van der Waals surface area contributed by atoms with Crippen molar-refractivity contribution >= 4 is 34.5 Å². The Bertz CT molecular complexity index is 1610. The van der Waals surface area contributed by atoms with E-state index >= 15 is 0 Å². The zero-order valence-electron chi connectivity index (χ0n) is 19.8. The Hall–Kier alpha value is -3.88. The van der Waals surface area contributed by atoms with Crippen LogP contribution < -0.4 is 5.69 Å². The Morgan fingerprint density at radius 1 is 0.973 bits per heavy atom. The van der Waals surface area contributed by atoms with Crippen LogP contribution in [0.1, 0.15) is 34.3 Å². The van der Waals surface area contributed by atoms with Crippen LogP contribution in [0.15, 0.2) is 71.5 Å². The maximum atomic E-state index is 14.0. The van der Waals surface area contributed by atoms with Gasteiger partial charge >= 0.3 is 11.7 Å². The van der Waals surface area contributed by atoms with Crippen LogP contribution in [0.5, 0.6) is 0 Å². The van der Waals surface area contributed by atoms with Gasteiger partial charge in [-0.15, -0.1) is 0 Å². The van der Waals surface area contributed by atoms with Crippen LogP contribution in [0.2, 0.25) is 5.02 Å². The minimum Gasteiger partial charge on any atom is -0.478 e. The molecule has 9 heteroatoms. The number of β-amino-alcohol motifs (C(OH)–C–C–N with tert-alkyl or cyclic N) is 1. The molecule has 0 atom stereocenters. The highest BCUT2D eigenvalue weighted by Crippen LogP contribution is 2.50. The second-order valence-corrected chi connectivity index (χ2v) is 10.2. The number of amides is 1. The summed E-state index contributed by atoms with van der Waals surface area (Å²) in [5.41, 5.74) is 2.91. The standard InChI is InChI=1S/C28H24ClN3O5/c29-20-6-9-23-24(14-20)31(21-7-4-17(5-8-21)12-25(34)30-15-22(33)16-30)27(37)32(23)28(10-11-28)19-3-1-2-18(13-19)26(35)36/h1-9,13-14,22,33H,10-12,15-16H2,(H,35,36). The van der Waals surface area contributed by atoms with E-state index in [1.54, 1.807) is 44.4 Å². The van der Waals surface area contributed by atoms with Crippen molar-refractivity contribution < 1.29 is 19.8 Å². The molecular weight excluding hydrogens is 494 g/mol. The highest BCUT2D eigenvalue weighted by Gasteiger charge is 2.49. The number of imidazole rings is 1. The first-order valence-corrected chi connectivity index (χ1v) is 12.5. The molecule has 6 rings (SSSR count). The summed E-state index contributed by atoms with van der Waals surface area (Å²) in [5, 5.41) is 19.4. The summed E-state index contributed by atoms with van der Waals surface area (Å²) in [6.07, 6.45) is 1.20. The number of nitrogens with zero attached hydrogens (tertiary/aromatic N) is 3. The van der Waals surface area contributed by atoms with Gasteiger partial charge in [-0.05, 0) is 66.4 Å². The number of rotatable bonds is 6. The largest absolute Gasteiger partial charge is 0.478 e. The smallest absolute Gasteiger partial charge is 0.335 e. The Morgan fingerprint density at radius 3 is 2.35 bits per heavy atom. The van der Waals surface area contributed by atoms with E-state index in [0.717, 1.165) is 11.1 Å². The van der Waals surface area contributed by atoms with Gasteiger partial charge in [0, 0.05) is 18.1 Å². The SMILES string of the molecule is O=C(O)c1cccc(C2(n3c(=O)n(-c4ccc(CC(=O)N5CC(O)C5)cc4)c4cc(Cl)ccc43)CC2)c1. The maximum Gasteiger partial charge on any atom is 0.335 e. The number of carboxylic acids is 1. The van der Waals surface area contributed by atoms with Gasteiger partial charge in [0.1, 0.15) is 0 Å². The van der Waals surface area contributed by atoms with Crippen molar-refractivity contribution in [1.29, 1.82) is 0 Å². The molecule has 4 aromatic rings. The predicted octanol–water partition coefficient (Wildman–Crippen LogP) is 3.43. The monoisotopic (exact) mass is 517 g/mol. The molecule has 1 aliphatic heterocycles. The molecule has 0 radical (unpaired) electrons. The summed E-state index contributed by atoms with van der Waals surface area (Å²) in [6.45, 7) is 0.730. The number of carboxylic acid groups (broad SMARTS) is 1. The molecule has 2 heterocycles. The number of carbonyl (C=O) groups excluding carboxylic acids is 1. The third-order valence-electron chi connectivity index (χ3n) is 7.37. The predicted molar refractivity (Wildman–Crippen MR) is 139 cm³/mol. The van der Waals surface area contributed by atoms with Crippen LogP contribution in [-0.4, -0.2) is 55.3 Å². The van der Waals surface area contributed by atoms with E-state index in [1.807, 2.05) is 36.4 Å². The Kier molecular flexibility index (Phi) is 5.47. The fourth-order valence-corrected chi connectivity index (χ4v) is 5.41. The fraction of sp³-hybridized carbons (Fsp3) is 0.250. The molecule has 8 nitrogen and oxygen atoms in total. The summed E-state index contributed by atoms with van der Waals surface area (Å²) in [7, 11) is 0. The molecule has 1 aromatic heterocycles. The Balaban J connectivity index is 1.42. The number of aromatic nitrogens is 2. The van der Waals surface area contributed by atoms with E-state index in [1.165, 1.54) is 0 Å². The number of aliphatic hydroxyl groups is 1. The molecule has 3 aromatic carbocycles. The summed E-state index contributed by atoms with van der Waals surface area (Å²) in [6, 6.07) is 19.4. The van der Waals surface area contributed by atoms with Crippen molar-refractivity contribution in [2.45, 2.75) is 30.9 Å². The van der Waals surface area contributed by atoms with Gasteiger partial charge in [0.25, 0.3) is 0 Å². The maximum absolute atomic E-state index is 14.0. The number of hydrogen-bond acceptors (Lipinski definition) is 4. The number of fused-ring (bicyclic) bond motifs is 1. The molecule has 2 N–H and O–H groups in total. The lowest BCUT2D eigenvalue weighted by molar-refractivity contribution is -0.140. The van der Waals surface area contributed by atoms with Crippen molar-refractivity contribution in [3.8, 4) is 5.69 Å². The zero-order chi connectivity index (χ0) is 25.9. The molecule has 2 aliphatic rings. The first-order valence-electron chi connectivity index (χ1n) is 12.1. The number of aliphatic hydroxyl groups excluding tert-OH is 1. The van der Waals surface area contributed by atoms with Gasteiger partial charge < -0.3 is 15.1 Å². The van der Waals surface area contributed by atoms with E-state index in [0.29, 0.717) is 47.7 Å². The minimum absolute atomic E-state index is 0.0436. The summed E-state index contributed by atoms with van der Waals surface area (Å²) >= 11 is 6.33. The second-order valence-electron chi connectivity index (χ2n) is 9.80. The summed E-state index contributed by atoms with van der Waals surface area (Å²) < 4.78 is 3.37. The van der Waals surface area contributed by atoms with Crippen LogP contribution in [0, 0.1) is 0 Å². The van der Waals surface area contributed by atoms with Gasteiger partial charge in [-0.1, -0.05) is 35.9 Å². The van der Waals surface area contributed by atoms with Crippen LogP contribution in [0.4, 0.5) is 0 Å². The summed E-state index contributed by atoms with van der Waals surface area (Å²) in [5.74, 6) is -1.05. The molecule has 37 heavy (non-hydrogen) atoms. The van der Waals surface area contributed by atoms with Crippen LogP contribution in [-0.2, 0) is 16.8 Å². The molecule has 1 amide bonds. The molecule has 0 spiro atoms. The first-order chi connectivity index (χ1) is 17.8. The molecule has 1 aliphatic carbocycles. The molecule has 1 saturated heterocycles. The van der Waals surface area contributed by atoms with E-state index in [4.69, 9.17) is 11.6 Å². The molecular formula is C28H24ClN3O5. The Morgan fingerprint density at radius 2 is 1.70 bits per heavy atom. The van der Waals surface area contributed by atoms with E-state index in [2.05, 4.69) is 0 Å². The lowest BCUT2D eigenvalue weighted by Crippen LogP contribution is -2.53. The van der Waals surface area contributed by atoms with Crippen molar-refractivity contribution in [2.75, 3.05) is 13.1 Å².